The monoisotopic (exact) mass is 372 g/mol. The van der Waals surface area contributed by atoms with Crippen LogP contribution >= 0.6 is 0 Å². The van der Waals surface area contributed by atoms with Crippen LogP contribution in [0, 0.1) is 11.3 Å². The number of fused-ring (bicyclic) bond motifs is 3. The minimum atomic E-state index is 0.143. The number of aryl methyl sites for hydroxylation is 1. The number of rotatable bonds is 4. The van der Waals surface area contributed by atoms with E-state index in [2.05, 4.69) is 40.3 Å². The summed E-state index contributed by atoms with van der Waals surface area (Å²) in [6, 6.07) is 10.1. The van der Waals surface area contributed by atoms with Crippen molar-refractivity contribution in [3.63, 3.8) is 0 Å². The van der Waals surface area contributed by atoms with Crippen molar-refractivity contribution in [2.24, 2.45) is 0 Å². The molecule has 3 heterocycles. The fourth-order valence-electron chi connectivity index (χ4n) is 4.01. The van der Waals surface area contributed by atoms with Crippen LogP contribution in [0.25, 0.3) is 22.5 Å². The van der Waals surface area contributed by atoms with Gasteiger partial charge in [-0.05, 0) is 41.8 Å². The van der Waals surface area contributed by atoms with Gasteiger partial charge in [-0.3, -0.25) is 5.10 Å². The number of ether oxygens (including phenoxy) is 2. The average Bonchev–Trinajstić information content (AvgIpc) is 3.45. The lowest BCUT2D eigenvalue weighted by molar-refractivity contribution is 0.140. The fraction of sp³-hybridized carbons (Fsp3) is 0.318. The molecule has 140 valence electrons. The van der Waals surface area contributed by atoms with Crippen molar-refractivity contribution < 1.29 is 9.47 Å². The van der Waals surface area contributed by atoms with Crippen molar-refractivity contribution >= 4 is 0 Å². The molecule has 0 bridgehead atoms. The van der Waals surface area contributed by atoms with Gasteiger partial charge in [0.2, 0.25) is 0 Å². The number of hydrogen-bond acceptors (Lipinski definition) is 5. The lowest BCUT2D eigenvalue weighted by Gasteiger charge is -2.17. The number of nitriles is 1. The first-order valence-corrected chi connectivity index (χ1v) is 9.61. The molecule has 5 rings (SSSR count). The highest BCUT2D eigenvalue weighted by molar-refractivity contribution is 5.82. The summed E-state index contributed by atoms with van der Waals surface area (Å²) >= 11 is 0. The van der Waals surface area contributed by atoms with Crippen LogP contribution in [0.4, 0.5) is 0 Å². The molecule has 1 saturated heterocycles. The smallest absolute Gasteiger partial charge is 0.140 e. The third-order valence-electron chi connectivity index (χ3n) is 5.50. The van der Waals surface area contributed by atoms with Crippen LogP contribution in [-0.4, -0.2) is 34.5 Å². The summed E-state index contributed by atoms with van der Waals surface area (Å²) in [5.74, 6) is 0.969. The van der Waals surface area contributed by atoms with E-state index in [1.54, 1.807) is 12.3 Å². The predicted octanol–water partition coefficient (Wildman–Crippen LogP) is 3.64. The molecule has 0 spiro atoms. The number of nitrogens with zero attached hydrogens (tertiary/aromatic N) is 3. The van der Waals surface area contributed by atoms with E-state index in [0.29, 0.717) is 12.3 Å². The zero-order valence-electron chi connectivity index (χ0n) is 15.7. The molecule has 28 heavy (non-hydrogen) atoms. The lowest BCUT2D eigenvalue weighted by Crippen LogP contribution is -2.16. The molecule has 1 aliphatic carbocycles. The molecule has 1 unspecified atom stereocenters. The molecule has 0 radical (unpaired) electrons. The Morgan fingerprint density at radius 2 is 2.29 bits per heavy atom. The van der Waals surface area contributed by atoms with Crippen LogP contribution in [-0.2, 0) is 17.6 Å². The number of pyridine rings is 1. The standard InChI is InChI=1S/C22H20N4O2/c1-2-13-7-18-15(9-20(13)28-17-5-6-27-12-17)8-19-21(25-26-22(18)19)14-3-4-16(10-23)24-11-14/h3-4,7,9,11,17H,2,5-6,8,12H2,1H3,(H,25,26). The molecular formula is C22H20N4O2. The van der Waals surface area contributed by atoms with Crippen molar-refractivity contribution in [2.75, 3.05) is 13.2 Å². The maximum absolute atomic E-state index is 8.96. The molecule has 1 atom stereocenters. The predicted molar refractivity (Wildman–Crippen MR) is 104 cm³/mol. The van der Waals surface area contributed by atoms with E-state index in [0.717, 1.165) is 48.6 Å². The molecule has 1 aliphatic heterocycles. The third-order valence-corrected chi connectivity index (χ3v) is 5.50. The Bertz CT molecular complexity index is 1070. The van der Waals surface area contributed by atoms with Crippen LogP contribution in [0.5, 0.6) is 5.75 Å². The van der Waals surface area contributed by atoms with Crippen molar-refractivity contribution in [3.05, 3.63) is 52.8 Å². The number of hydrogen-bond donors (Lipinski definition) is 1. The Morgan fingerprint density at radius 3 is 3.00 bits per heavy atom. The van der Waals surface area contributed by atoms with Crippen LogP contribution in [0.3, 0.4) is 0 Å². The van der Waals surface area contributed by atoms with E-state index in [1.165, 1.54) is 22.3 Å². The molecule has 0 saturated carbocycles. The van der Waals surface area contributed by atoms with Gasteiger partial charge in [-0.2, -0.15) is 10.4 Å². The van der Waals surface area contributed by atoms with E-state index >= 15 is 0 Å². The molecule has 1 aromatic carbocycles. The summed E-state index contributed by atoms with van der Waals surface area (Å²) < 4.78 is 11.7. The van der Waals surface area contributed by atoms with Gasteiger partial charge in [-0.15, -0.1) is 0 Å². The van der Waals surface area contributed by atoms with Crippen molar-refractivity contribution in [3.8, 4) is 34.3 Å². The molecule has 0 amide bonds. The van der Waals surface area contributed by atoms with E-state index < -0.39 is 0 Å². The zero-order valence-corrected chi connectivity index (χ0v) is 15.7. The maximum Gasteiger partial charge on any atom is 0.140 e. The Labute approximate surface area is 163 Å². The van der Waals surface area contributed by atoms with E-state index in [9.17, 15) is 0 Å². The SMILES string of the molecule is CCc1cc2c(cc1OC1CCOC1)Cc1c(-c3ccc(C#N)nc3)n[nH]c1-2. The van der Waals surface area contributed by atoms with Crippen molar-refractivity contribution in [1.29, 1.82) is 5.26 Å². The topological polar surface area (TPSA) is 83.8 Å². The minimum Gasteiger partial charge on any atom is -0.488 e. The summed E-state index contributed by atoms with van der Waals surface area (Å²) in [5.41, 5.74) is 8.11. The summed E-state index contributed by atoms with van der Waals surface area (Å²) in [5, 5.41) is 16.7. The van der Waals surface area contributed by atoms with E-state index in [1.807, 2.05) is 6.07 Å². The Morgan fingerprint density at radius 1 is 1.36 bits per heavy atom. The second kappa shape index (κ2) is 6.77. The van der Waals surface area contributed by atoms with Gasteiger partial charge in [-0.1, -0.05) is 6.92 Å². The average molecular weight is 372 g/mol. The quantitative estimate of drug-likeness (QED) is 0.591. The molecule has 1 fully saturated rings. The van der Waals surface area contributed by atoms with E-state index in [4.69, 9.17) is 14.7 Å². The molecule has 2 aromatic heterocycles. The van der Waals surface area contributed by atoms with Crippen molar-refractivity contribution in [2.45, 2.75) is 32.3 Å². The second-order valence-electron chi connectivity index (χ2n) is 7.22. The van der Waals surface area contributed by atoms with Gasteiger partial charge >= 0.3 is 0 Å². The van der Waals surface area contributed by atoms with Crippen LogP contribution < -0.4 is 4.74 Å². The van der Waals surface area contributed by atoms with Gasteiger partial charge in [0.25, 0.3) is 0 Å². The lowest BCUT2D eigenvalue weighted by atomic mass is 10.0. The number of nitrogens with one attached hydrogen (secondary N) is 1. The van der Waals surface area contributed by atoms with Gasteiger partial charge in [-0.25, -0.2) is 4.98 Å². The normalized spacial score (nSPS) is 17.2. The second-order valence-corrected chi connectivity index (χ2v) is 7.22. The summed E-state index contributed by atoms with van der Waals surface area (Å²) in [7, 11) is 0. The number of aromatic nitrogens is 3. The molecule has 1 N–H and O–H groups in total. The van der Waals surface area contributed by atoms with Crippen LogP contribution in [0.2, 0.25) is 0 Å². The molecule has 6 nitrogen and oxygen atoms in total. The van der Waals surface area contributed by atoms with Gasteiger partial charge in [0.05, 0.1) is 24.6 Å². The Kier molecular flexibility index (Phi) is 4.10. The first kappa shape index (κ1) is 17.0. The highest BCUT2D eigenvalue weighted by Gasteiger charge is 2.28. The van der Waals surface area contributed by atoms with Gasteiger partial charge < -0.3 is 9.47 Å². The largest absolute Gasteiger partial charge is 0.488 e. The highest BCUT2D eigenvalue weighted by atomic mass is 16.5. The van der Waals surface area contributed by atoms with E-state index in [-0.39, 0.29) is 6.10 Å². The zero-order chi connectivity index (χ0) is 19.1. The van der Waals surface area contributed by atoms with Gasteiger partial charge in [0.1, 0.15) is 23.6 Å². The van der Waals surface area contributed by atoms with Gasteiger partial charge in [0.15, 0.2) is 0 Å². The summed E-state index contributed by atoms with van der Waals surface area (Å²) in [4.78, 5) is 4.18. The summed E-state index contributed by atoms with van der Waals surface area (Å²) in [6.07, 6.45) is 4.51. The first-order chi connectivity index (χ1) is 13.8. The number of aromatic amines is 1. The van der Waals surface area contributed by atoms with Crippen LogP contribution in [0.15, 0.2) is 30.5 Å². The Hall–Kier alpha value is -3.17. The molecule has 3 aromatic rings. The Balaban J connectivity index is 1.50. The number of benzene rings is 1. The minimum absolute atomic E-state index is 0.143. The van der Waals surface area contributed by atoms with Gasteiger partial charge in [0, 0.05) is 35.7 Å². The maximum atomic E-state index is 8.96. The first-order valence-electron chi connectivity index (χ1n) is 9.61. The highest BCUT2D eigenvalue weighted by Crippen LogP contribution is 2.43. The van der Waals surface area contributed by atoms with Crippen molar-refractivity contribution in [1.82, 2.24) is 15.2 Å². The molecule has 2 aliphatic rings. The molecular weight excluding hydrogens is 352 g/mol. The fourth-order valence-corrected chi connectivity index (χ4v) is 4.01. The van der Waals surface area contributed by atoms with Crippen LogP contribution in [0.1, 0.15) is 35.7 Å². The molecule has 6 heteroatoms. The summed E-state index contributed by atoms with van der Waals surface area (Å²) in [6.45, 7) is 3.59. The third kappa shape index (κ3) is 2.76. The number of H-pyrrole nitrogens is 1.